The minimum atomic E-state index is -0.221. The van der Waals surface area contributed by atoms with E-state index >= 15 is 0 Å². The maximum atomic E-state index is 13.6. The minimum absolute atomic E-state index is 0.118. The second-order valence-electron chi connectivity index (χ2n) is 6.28. The first kappa shape index (κ1) is 20.2. The number of amides is 2. The molecule has 2 amide bonds. The van der Waals surface area contributed by atoms with E-state index in [2.05, 4.69) is 15.6 Å². The lowest BCUT2D eigenvalue weighted by molar-refractivity contribution is -0.116. The van der Waals surface area contributed by atoms with E-state index in [1.165, 1.54) is 28.7 Å². The summed E-state index contributed by atoms with van der Waals surface area (Å²) in [6, 6.07) is 8.76. The summed E-state index contributed by atoms with van der Waals surface area (Å²) < 4.78 is 13.6. The average Bonchev–Trinajstić information content (AvgIpc) is 3.34. The molecule has 2 aromatic heterocycles. The van der Waals surface area contributed by atoms with Gasteiger partial charge in [-0.05, 0) is 42.0 Å². The van der Waals surface area contributed by atoms with E-state index in [4.69, 9.17) is 0 Å². The van der Waals surface area contributed by atoms with Crippen molar-refractivity contribution in [1.82, 2.24) is 10.3 Å². The Labute approximate surface area is 170 Å². The summed E-state index contributed by atoms with van der Waals surface area (Å²) >= 11 is 2.76. The lowest BCUT2D eigenvalue weighted by Gasteiger charge is -2.04. The lowest BCUT2D eigenvalue weighted by atomic mass is 10.1. The van der Waals surface area contributed by atoms with Gasteiger partial charge < -0.3 is 10.6 Å². The second kappa shape index (κ2) is 9.57. The number of carbonyl (C=O) groups is 2. The molecule has 2 N–H and O–H groups in total. The van der Waals surface area contributed by atoms with Crippen LogP contribution in [-0.2, 0) is 11.2 Å². The topological polar surface area (TPSA) is 71.1 Å². The highest BCUT2D eigenvalue weighted by atomic mass is 32.1. The third kappa shape index (κ3) is 5.71. The van der Waals surface area contributed by atoms with E-state index in [0.29, 0.717) is 41.4 Å². The number of aromatic nitrogens is 1. The first-order valence-electron chi connectivity index (χ1n) is 8.82. The van der Waals surface area contributed by atoms with Crippen LogP contribution >= 0.6 is 22.7 Å². The first-order chi connectivity index (χ1) is 13.5. The minimum Gasteiger partial charge on any atom is -0.351 e. The largest absolute Gasteiger partial charge is 0.351 e. The van der Waals surface area contributed by atoms with Crippen LogP contribution in [0.4, 0.5) is 9.52 Å². The summed E-state index contributed by atoms with van der Waals surface area (Å²) in [4.78, 5) is 29.6. The molecule has 5 nitrogen and oxygen atoms in total. The van der Waals surface area contributed by atoms with Gasteiger partial charge in [0.25, 0.3) is 5.91 Å². The zero-order valence-corrected chi connectivity index (χ0v) is 17.0. The summed E-state index contributed by atoms with van der Waals surface area (Å²) in [5.74, 6) is -0.484. The Morgan fingerprint density at radius 2 is 2.11 bits per heavy atom. The molecule has 0 aliphatic rings. The third-order valence-corrected chi connectivity index (χ3v) is 5.81. The number of aryl methyl sites for hydroxylation is 1. The van der Waals surface area contributed by atoms with Crippen molar-refractivity contribution < 1.29 is 14.0 Å². The van der Waals surface area contributed by atoms with Gasteiger partial charge in [-0.1, -0.05) is 18.2 Å². The van der Waals surface area contributed by atoms with Gasteiger partial charge in [-0.15, -0.1) is 22.7 Å². The number of nitrogens with one attached hydrogen (secondary N) is 2. The highest BCUT2D eigenvalue weighted by molar-refractivity contribution is 7.15. The Morgan fingerprint density at radius 3 is 2.86 bits per heavy atom. The Hall–Kier alpha value is -2.58. The van der Waals surface area contributed by atoms with Crippen molar-refractivity contribution in [2.24, 2.45) is 0 Å². The molecule has 0 saturated carbocycles. The number of halogens is 1. The normalized spacial score (nSPS) is 10.6. The van der Waals surface area contributed by atoms with Gasteiger partial charge in [-0.2, -0.15) is 0 Å². The molecule has 28 heavy (non-hydrogen) atoms. The molecule has 0 aliphatic carbocycles. The number of benzene rings is 1. The fraction of sp³-hybridized carbons (Fsp3) is 0.250. The number of hydrogen-bond acceptors (Lipinski definition) is 5. The first-order valence-corrected chi connectivity index (χ1v) is 10.5. The van der Waals surface area contributed by atoms with Crippen molar-refractivity contribution in [3.05, 3.63) is 68.6 Å². The van der Waals surface area contributed by atoms with Crippen LogP contribution in [0, 0.1) is 12.7 Å². The highest BCUT2D eigenvalue weighted by Crippen LogP contribution is 2.22. The predicted octanol–water partition coefficient (Wildman–Crippen LogP) is 4.39. The number of nitrogens with zero attached hydrogens (tertiary/aromatic N) is 1. The molecule has 8 heteroatoms. The number of thiazole rings is 1. The van der Waals surface area contributed by atoms with Crippen molar-refractivity contribution in [3.63, 3.8) is 0 Å². The van der Waals surface area contributed by atoms with E-state index in [9.17, 15) is 14.0 Å². The molecule has 0 fully saturated rings. The summed E-state index contributed by atoms with van der Waals surface area (Å²) in [6.45, 7) is 2.17. The van der Waals surface area contributed by atoms with Crippen molar-refractivity contribution in [1.29, 1.82) is 0 Å². The van der Waals surface area contributed by atoms with Crippen LogP contribution in [0.25, 0.3) is 0 Å². The zero-order chi connectivity index (χ0) is 19.9. The van der Waals surface area contributed by atoms with E-state index in [1.807, 2.05) is 17.5 Å². The Morgan fingerprint density at radius 1 is 1.25 bits per heavy atom. The van der Waals surface area contributed by atoms with Crippen molar-refractivity contribution in [2.45, 2.75) is 26.2 Å². The van der Waals surface area contributed by atoms with Gasteiger partial charge in [0.05, 0.1) is 4.88 Å². The van der Waals surface area contributed by atoms with E-state index in [1.54, 1.807) is 25.3 Å². The predicted molar refractivity (Wildman–Crippen MR) is 111 cm³/mol. The highest BCUT2D eigenvalue weighted by Gasteiger charge is 2.09. The van der Waals surface area contributed by atoms with Crippen LogP contribution in [0.3, 0.4) is 0 Å². The fourth-order valence-electron chi connectivity index (χ4n) is 2.52. The zero-order valence-electron chi connectivity index (χ0n) is 15.3. The van der Waals surface area contributed by atoms with E-state index in [0.717, 1.165) is 10.4 Å². The van der Waals surface area contributed by atoms with Gasteiger partial charge in [0.1, 0.15) is 5.82 Å². The molecule has 0 radical (unpaired) electrons. The van der Waals surface area contributed by atoms with Crippen LogP contribution in [0.2, 0.25) is 0 Å². The molecule has 146 valence electrons. The molecule has 3 aromatic rings. The van der Waals surface area contributed by atoms with Gasteiger partial charge >= 0.3 is 0 Å². The van der Waals surface area contributed by atoms with Gasteiger partial charge in [0.2, 0.25) is 5.91 Å². The number of carbonyl (C=O) groups excluding carboxylic acids is 2. The smallest absolute Gasteiger partial charge is 0.261 e. The van der Waals surface area contributed by atoms with Crippen molar-refractivity contribution in [2.75, 3.05) is 11.9 Å². The van der Waals surface area contributed by atoms with Crippen LogP contribution in [0.5, 0.6) is 0 Å². The second-order valence-corrected chi connectivity index (χ2v) is 8.34. The summed E-state index contributed by atoms with van der Waals surface area (Å²) in [5.41, 5.74) is 1.48. The summed E-state index contributed by atoms with van der Waals surface area (Å²) in [6.07, 6.45) is 3.10. The molecule has 0 saturated heterocycles. The maximum absolute atomic E-state index is 13.6. The SMILES string of the molecule is Cc1ccc(Cc2cnc(NC(=O)CCCNC(=O)c3cccs3)s2)cc1F. The Balaban J connectivity index is 1.41. The van der Waals surface area contributed by atoms with Crippen LogP contribution in [0.15, 0.2) is 41.9 Å². The molecule has 0 aliphatic heterocycles. The molecular weight excluding hydrogens is 397 g/mol. The van der Waals surface area contributed by atoms with Gasteiger partial charge in [0.15, 0.2) is 5.13 Å². The van der Waals surface area contributed by atoms with Crippen LogP contribution < -0.4 is 10.6 Å². The molecule has 0 unspecified atom stereocenters. The van der Waals surface area contributed by atoms with Gasteiger partial charge in [-0.25, -0.2) is 9.37 Å². The average molecular weight is 418 g/mol. The number of hydrogen-bond donors (Lipinski definition) is 2. The van der Waals surface area contributed by atoms with Crippen LogP contribution in [0.1, 0.15) is 38.5 Å². The van der Waals surface area contributed by atoms with Crippen LogP contribution in [-0.4, -0.2) is 23.3 Å². The van der Waals surface area contributed by atoms with E-state index in [-0.39, 0.29) is 17.6 Å². The molecule has 2 heterocycles. The van der Waals surface area contributed by atoms with Crippen molar-refractivity contribution in [3.8, 4) is 0 Å². The molecular formula is C20H20FN3O2S2. The Bertz CT molecular complexity index is 954. The quantitative estimate of drug-likeness (QED) is 0.534. The molecule has 3 rings (SSSR count). The monoisotopic (exact) mass is 417 g/mol. The summed E-state index contributed by atoms with van der Waals surface area (Å²) in [7, 11) is 0. The fourth-order valence-corrected chi connectivity index (χ4v) is 4.02. The third-order valence-electron chi connectivity index (χ3n) is 4.03. The number of anilines is 1. The Kier molecular flexibility index (Phi) is 6.89. The lowest BCUT2D eigenvalue weighted by Crippen LogP contribution is -2.24. The van der Waals surface area contributed by atoms with Gasteiger partial charge in [0, 0.05) is 30.5 Å². The standard InChI is InChI=1S/C20H20FN3O2S2/c1-13-6-7-14(11-16(13)21)10-15-12-23-20(28-15)24-18(25)5-2-8-22-19(26)17-4-3-9-27-17/h3-4,6-7,9,11-12H,2,5,8,10H2,1H3,(H,22,26)(H,23,24,25). The van der Waals surface area contributed by atoms with E-state index < -0.39 is 0 Å². The maximum Gasteiger partial charge on any atom is 0.261 e. The number of rotatable bonds is 8. The van der Waals surface area contributed by atoms with Crippen molar-refractivity contribution >= 4 is 39.6 Å². The molecule has 0 spiro atoms. The number of thiophene rings is 1. The summed E-state index contributed by atoms with van der Waals surface area (Å²) in [5, 5.41) is 7.93. The molecule has 0 bridgehead atoms. The van der Waals surface area contributed by atoms with Gasteiger partial charge in [-0.3, -0.25) is 9.59 Å². The molecule has 1 aromatic carbocycles. The molecule has 0 atom stereocenters.